The summed E-state index contributed by atoms with van der Waals surface area (Å²) in [5, 5.41) is 0.330. The fourth-order valence-electron chi connectivity index (χ4n) is 2.37. The lowest BCUT2D eigenvalue weighted by molar-refractivity contribution is -0.152. The van der Waals surface area contributed by atoms with E-state index >= 15 is 0 Å². The molecule has 2 aromatic heterocycles. The van der Waals surface area contributed by atoms with Crippen molar-refractivity contribution >= 4 is 33.5 Å². The van der Waals surface area contributed by atoms with Gasteiger partial charge in [-0.1, -0.05) is 6.92 Å². The van der Waals surface area contributed by atoms with Crippen molar-refractivity contribution in [3.8, 4) is 0 Å². The monoisotopic (exact) mass is 380 g/mol. The number of hydrogen-bond donors (Lipinski definition) is 0. The van der Waals surface area contributed by atoms with Gasteiger partial charge in [-0.25, -0.2) is 14.6 Å². The number of aromatic nitrogens is 2. The Morgan fingerprint density at radius 2 is 1.88 bits per heavy atom. The summed E-state index contributed by atoms with van der Waals surface area (Å²) in [5.74, 6) is -0.967. The third-order valence-electron chi connectivity index (χ3n) is 4.05. The van der Waals surface area contributed by atoms with Crippen molar-refractivity contribution in [2.45, 2.75) is 66.2 Å². The van der Waals surface area contributed by atoms with Crippen LogP contribution in [-0.4, -0.2) is 33.7 Å². The average Bonchev–Trinajstić information content (AvgIpc) is 2.91. The molecule has 0 amide bonds. The summed E-state index contributed by atoms with van der Waals surface area (Å²) in [6.07, 6.45) is 1.53. The van der Waals surface area contributed by atoms with Crippen molar-refractivity contribution in [3.63, 3.8) is 0 Å². The Hall–Kier alpha value is -2.22. The van der Waals surface area contributed by atoms with Gasteiger partial charge in [0.05, 0.1) is 23.9 Å². The molecule has 7 nitrogen and oxygen atoms in total. The molecule has 0 aliphatic carbocycles. The summed E-state index contributed by atoms with van der Waals surface area (Å²) < 4.78 is 11.8. The van der Waals surface area contributed by atoms with Gasteiger partial charge < -0.3 is 9.47 Å². The number of carbonyl (C=O) groups is 2. The van der Waals surface area contributed by atoms with Crippen LogP contribution in [0.3, 0.4) is 0 Å². The van der Waals surface area contributed by atoms with Gasteiger partial charge in [0.15, 0.2) is 0 Å². The highest BCUT2D eigenvalue weighted by molar-refractivity contribution is 7.20. The minimum atomic E-state index is -0.807. The van der Waals surface area contributed by atoms with E-state index in [2.05, 4.69) is 4.98 Å². The van der Waals surface area contributed by atoms with Gasteiger partial charge in [-0.3, -0.25) is 9.36 Å². The number of aryl methyl sites for hydroxylation is 1. The highest BCUT2D eigenvalue weighted by atomic mass is 32.1. The number of fused-ring (bicyclic) bond motifs is 1. The van der Waals surface area contributed by atoms with Crippen LogP contribution in [0.4, 0.5) is 0 Å². The SMILES string of the molecule is CC[C@H](C)OC(=O)[C@H](C)n1cnc2sc(C(=O)OC(C)C)c(C)c2c1=O. The first-order valence-corrected chi connectivity index (χ1v) is 9.40. The van der Waals surface area contributed by atoms with E-state index in [1.165, 1.54) is 10.9 Å². The molecule has 2 atom stereocenters. The van der Waals surface area contributed by atoms with E-state index in [4.69, 9.17) is 9.47 Å². The number of thiophene rings is 1. The second-order valence-electron chi connectivity index (χ2n) is 6.48. The van der Waals surface area contributed by atoms with Crippen LogP contribution in [0.1, 0.15) is 62.3 Å². The molecule has 26 heavy (non-hydrogen) atoms. The van der Waals surface area contributed by atoms with Crippen molar-refractivity contribution in [1.29, 1.82) is 0 Å². The van der Waals surface area contributed by atoms with Crippen LogP contribution in [0, 0.1) is 6.92 Å². The van der Waals surface area contributed by atoms with Crippen molar-refractivity contribution < 1.29 is 19.1 Å². The number of rotatable bonds is 6. The Morgan fingerprint density at radius 1 is 1.23 bits per heavy atom. The molecular formula is C18H24N2O5S. The molecule has 2 aromatic rings. The Kier molecular flexibility index (Phi) is 6.17. The minimum Gasteiger partial charge on any atom is -0.461 e. The van der Waals surface area contributed by atoms with Crippen molar-refractivity contribution in [3.05, 3.63) is 27.1 Å². The number of nitrogens with zero attached hydrogens (tertiary/aromatic N) is 2. The van der Waals surface area contributed by atoms with Crippen molar-refractivity contribution in [2.24, 2.45) is 0 Å². The van der Waals surface area contributed by atoms with Gasteiger partial charge in [0.2, 0.25) is 0 Å². The van der Waals surface area contributed by atoms with E-state index in [-0.39, 0.29) is 17.8 Å². The van der Waals surface area contributed by atoms with Crippen molar-refractivity contribution in [1.82, 2.24) is 9.55 Å². The number of carbonyl (C=O) groups excluding carboxylic acids is 2. The standard InChI is InChI=1S/C18H24N2O5S/c1-7-10(4)25-17(22)12(6)20-8-19-15-13(16(20)21)11(5)14(26-15)18(23)24-9(2)3/h8-10,12H,7H2,1-6H3/t10-,12-/m0/s1. The molecule has 0 fully saturated rings. The largest absolute Gasteiger partial charge is 0.461 e. The quantitative estimate of drug-likeness (QED) is 0.715. The lowest BCUT2D eigenvalue weighted by Crippen LogP contribution is -2.31. The Morgan fingerprint density at radius 3 is 2.46 bits per heavy atom. The van der Waals surface area contributed by atoms with E-state index in [9.17, 15) is 14.4 Å². The second kappa shape index (κ2) is 7.99. The smallest absolute Gasteiger partial charge is 0.348 e. The molecule has 0 bridgehead atoms. The number of ether oxygens (including phenoxy) is 2. The predicted molar refractivity (Wildman–Crippen MR) is 99.7 cm³/mol. The first-order valence-electron chi connectivity index (χ1n) is 8.59. The van der Waals surface area contributed by atoms with Gasteiger partial charge in [0.1, 0.15) is 15.7 Å². The maximum Gasteiger partial charge on any atom is 0.348 e. The van der Waals surface area contributed by atoms with E-state index in [0.717, 1.165) is 11.3 Å². The zero-order valence-corrected chi connectivity index (χ0v) is 16.7. The third kappa shape index (κ3) is 3.95. The minimum absolute atomic E-state index is 0.224. The fourth-order valence-corrected chi connectivity index (χ4v) is 3.39. The van der Waals surface area contributed by atoms with Crippen LogP contribution in [0.5, 0.6) is 0 Å². The van der Waals surface area contributed by atoms with Gasteiger partial charge in [-0.2, -0.15) is 0 Å². The highest BCUT2D eigenvalue weighted by Crippen LogP contribution is 2.28. The number of hydrogen-bond acceptors (Lipinski definition) is 7. The molecule has 0 spiro atoms. The van der Waals surface area contributed by atoms with Crippen LogP contribution in [0.2, 0.25) is 0 Å². The lowest BCUT2D eigenvalue weighted by atomic mass is 10.2. The summed E-state index contributed by atoms with van der Waals surface area (Å²) in [6, 6.07) is -0.807. The van der Waals surface area contributed by atoms with E-state index < -0.39 is 18.0 Å². The van der Waals surface area contributed by atoms with E-state index in [1.54, 1.807) is 34.6 Å². The molecule has 0 unspecified atom stereocenters. The zero-order chi connectivity index (χ0) is 19.6. The van der Waals surface area contributed by atoms with Gasteiger partial charge in [-0.05, 0) is 46.6 Å². The molecule has 0 saturated carbocycles. The topological polar surface area (TPSA) is 87.5 Å². The molecular weight excluding hydrogens is 356 g/mol. The van der Waals surface area contributed by atoms with Crippen LogP contribution in [0.25, 0.3) is 10.2 Å². The highest BCUT2D eigenvalue weighted by Gasteiger charge is 2.25. The van der Waals surface area contributed by atoms with Crippen LogP contribution < -0.4 is 5.56 Å². The van der Waals surface area contributed by atoms with Crippen LogP contribution >= 0.6 is 11.3 Å². The summed E-state index contributed by atoms with van der Waals surface area (Å²) in [7, 11) is 0. The Labute approximate surface area is 155 Å². The zero-order valence-electron chi connectivity index (χ0n) is 15.9. The molecule has 8 heteroatoms. The van der Waals surface area contributed by atoms with Crippen LogP contribution in [0.15, 0.2) is 11.1 Å². The van der Waals surface area contributed by atoms with Gasteiger partial charge in [-0.15, -0.1) is 11.3 Å². The Balaban J connectivity index is 2.45. The van der Waals surface area contributed by atoms with Gasteiger partial charge >= 0.3 is 11.9 Å². The van der Waals surface area contributed by atoms with E-state index in [0.29, 0.717) is 27.1 Å². The van der Waals surface area contributed by atoms with Gasteiger partial charge in [0.25, 0.3) is 5.56 Å². The molecule has 2 rings (SSSR count). The summed E-state index contributed by atoms with van der Waals surface area (Å²) in [6.45, 7) is 10.5. The van der Waals surface area contributed by atoms with Crippen molar-refractivity contribution in [2.75, 3.05) is 0 Å². The maximum absolute atomic E-state index is 12.9. The first-order chi connectivity index (χ1) is 12.2. The summed E-state index contributed by atoms with van der Waals surface area (Å²) in [4.78, 5) is 42.4. The van der Waals surface area contributed by atoms with Crippen LogP contribution in [-0.2, 0) is 14.3 Å². The lowest BCUT2D eigenvalue weighted by Gasteiger charge is -2.17. The molecule has 0 aliphatic rings. The molecule has 2 heterocycles. The summed E-state index contributed by atoms with van der Waals surface area (Å²) in [5.41, 5.74) is 0.144. The molecule has 0 aromatic carbocycles. The molecule has 0 N–H and O–H groups in total. The Bertz CT molecular complexity index is 884. The van der Waals surface area contributed by atoms with Gasteiger partial charge in [0, 0.05) is 0 Å². The normalized spacial score (nSPS) is 13.7. The summed E-state index contributed by atoms with van der Waals surface area (Å²) >= 11 is 1.12. The van der Waals surface area contributed by atoms with E-state index in [1.807, 2.05) is 6.92 Å². The predicted octanol–water partition coefficient (Wildman–Crippen LogP) is 3.23. The first kappa shape index (κ1) is 20.1. The molecule has 142 valence electrons. The maximum atomic E-state index is 12.9. The fraction of sp³-hybridized carbons (Fsp3) is 0.556. The molecule has 0 saturated heterocycles. The second-order valence-corrected chi connectivity index (χ2v) is 7.48. The molecule has 0 aliphatic heterocycles. The third-order valence-corrected chi connectivity index (χ3v) is 5.23. The average molecular weight is 380 g/mol. The number of esters is 2. The molecule has 0 radical (unpaired) electrons.